The Kier molecular flexibility index (Phi) is 4.00. The summed E-state index contributed by atoms with van der Waals surface area (Å²) < 4.78 is 9.30. The molecule has 7 nitrogen and oxygen atoms in total. The number of hydrogen-bond donors (Lipinski definition) is 0. The van der Waals surface area contributed by atoms with E-state index in [0.29, 0.717) is 0 Å². The number of esters is 1. The largest absolute Gasteiger partial charge is 0.472 e. The Bertz CT molecular complexity index is 492. The Hall–Kier alpha value is -2.62. The lowest BCUT2D eigenvalue weighted by molar-refractivity contribution is -0.385. The van der Waals surface area contributed by atoms with Crippen molar-refractivity contribution >= 4 is 11.7 Å². The Balaban J connectivity index is 3.13. The molecule has 88 valence electrons. The molecular formula is C10H8N2O5. The van der Waals surface area contributed by atoms with Crippen molar-refractivity contribution in [3.05, 3.63) is 33.9 Å². The van der Waals surface area contributed by atoms with Gasteiger partial charge in [-0.1, -0.05) is 0 Å². The number of nitro groups is 1. The monoisotopic (exact) mass is 236 g/mol. The average molecular weight is 236 g/mol. The molecule has 0 aliphatic rings. The topological polar surface area (TPSA) is 102 Å². The molecule has 0 atom stereocenters. The van der Waals surface area contributed by atoms with Crippen molar-refractivity contribution in [3.8, 4) is 11.8 Å². The molecule has 0 saturated heterocycles. The van der Waals surface area contributed by atoms with Crippen LogP contribution in [0.5, 0.6) is 5.75 Å². The first-order valence-electron chi connectivity index (χ1n) is 4.46. The van der Waals surface area contributed by atoms with E-state index in [4.69, 9.17) is 10.00 Å². The number of nitro benzene ring substituents is 1. The van der Waals surface area contributed by atoms with Gasteiger partial charge in [-0.25, -0.2) is 4.79 Å². The summed E-state index contributed by atoms with van der Waals surface area (Å²) in [7, 11) is 1.17. The molecular weight excluding hydrogens is 228 g/mol. The van der Waals surface area contributed by atoms with Crippen molar-refractivity contribution in [1.82, 2.24) is 0 Å². The molecule has 0 saturated carbocycles. The summed E-state index contributed by atoms with van der Waals surface area (Å²) in [5.41, 5.74) is -0.341. The number of carbonyl (C=O) groups is 1. The minimum atomic E-state index is -0.695. The predicted molar refractivity (Wildman–Crippen MR) is 55.5 cm³/mol. The lowest BCUT2D eigenvalue weighted by Gasteiger charge is -2.04. The molecule has 0 aliphatic carbocycles. The number of nitriles is 1. The van der Waals surface area contributed by atoms with Gasteiger partial charge in [0.15, 0.2) is 12.4 Å². The maximum Gasteiger partial charge on any atom is 0.338 e. The van der Waals surface area contributed by atoms with Crippen molar-refractivity contribution < 1.29 is 19.2 Å². The molecule has 0 aromatic heterocycles. The second-order valence-electron chi connectivity index (χ2n) is 2.88. The molecule has 7 heteroatoms. The van der Waals surface area contributed by atoms with Gasteiger partial charge in [0, 0.05) is 6.07 Å². The summed E-state index contributed by atoms with van der Waals surface area (Å²) in [5, 5.41) is 19.1. The number of nitrogens with zero attached hydrogens (tertiary/aromatic N) is 2. The van der Waals surface area contributed by atoms with Crippen molar-refractivity contribution in [2.45, 2.75) is 0 Å². The van der Waals surface area contributed by atoms with Crippen LogP contribution in [0.15, 0.2) is 18.2 Å². The van der Waals surface area contributed by atoms with Crippen LogP contribution in [0, 0.1) is 21.4 Å². The predicted octanol–water partition coefficient (Wildman–Crippen LogP) is 1.28. The third kappa shape index (κ3) is 2.92. The Labute approximate surface area is 96.3 Å². The van der Waals surface area contributed by atoms with Crippen LogP contribution in [0.3, 0.4) is 0 Å². The standard InChI is InChI=1S/C10H8N2O5/c1-16-10(13)7-2-3-9(17-5-4-11)8(6-7)12(14)15/h2-3,6H,5H2,1H3. The van der Waals surface area contributed by atoms with Crippen LogP contribution in [-0.4, -0.2) is 24.6 Å². The lowest BCUT2D eigenvalue weighted by Crippen LogP contribution is -2.04. The highest BCUT2D eigenvalue weighted by molar-refractivity contribution is 5.90. The van der Waals surface area contributed by atoms with Gasteiger partial charge in [-0.2, -0.15) is 5.26 Å². The SMILES string of the molecule is COC(=O)c1ccc(OCC#N)c([N+](=O)[O-])c1. The summed E-state index contributed by atoms with van der Waals surface area (Å²) in [6, 6.07) is 5.31. The summed E-state index contributed by atoms with van der Waals surface area (Å²) >= 11 is 0. The molecule has 0 fully saturated rings. The van der Waals surface area contributed by atoms with E-state index >= 15 is 0 Å². The molecule has 0 bridgehead atoms. The fourth-order valence-corrected chi connectivity index (χ4v) is 1.14. The summed E-state index contributed by atoms with van der Waals surface area (Å²) in [6.45, 7) is -0.307. The van der Waals surface area contributed by atoms with Gasteiger partial charge in [0.2, 0.25) is 0 Å². The van der Waals surface area contributed by atoms with Gasteiger partial charge in [-0.15, -0.1) is 0 Å². The molecule has 0 spiro atoms. The van der Waals surface area contributed by atoms with Gasteiger partial charge in [0.1, 0.15) is 6.07 Å². The molecule has 17 heavy (non-hydrogen) atoms. The highest BCUT2D eigenvalue weighted by atomic mass is 16.6. The third-order valence-corrected chi connectivity index (χ3v) is 1.87. The lowest BCUT2D eigenvalue weighted by atomic mass is 10.2. The Morgan fingerprint density at radius 3 is 2.82 bits per heavy atom. The van der Waals surface area contributed by atoms with Crippen LogP contribution in [0.1, 0.15) is 10.4 Å². The first-order valence-corrected chi connectivity index (χ1v) is 4.46. The number of hydrogen-bond acceptors (Lipinski definition) is 6. The second-order valence-corrected chi connectivity index (χ2v) is 2.88. The number of carbonyl (C=O) groups excluding carboxylic acids is 1. The van der Waals surface area contributed by atoms with Gasteiger partial charge >= 0.3 is 11.7 Å². The molecule has 1 aromatic rings. The van der Waals surface area contributed by atoms with Crippen LogP contribution in [0.25, 0.3) is 0 Å². The smallest absolute Gasteiger partial charge is 0.338 e. The fourth-order valence-electron chi connectivity index (χ4n) is 1.14. The van der Waals surface area contributed by atoms with Crippen molar-refractivity contribution in [3.63, 3.8) is 0 Å². The molecule has 1 rings (SSSR count). The van der Waals surface area contributed by atoms with Gasteiger partial charge in [0.05, 0.1) is 17.6 Å². The zero-order chi connectivity index (χ0) is 12.8. The maximum absolute atomic E-state index is 11.2. The van der Waals surface area contributed by atoms with E-state index in [2.05, 4.69) is 4.74 Å². The first kappa shape index (κ1) is 12.4. The van der Waals surface area contributed by atoms with E-state index in [9.17, 15) is 14.9 Å². The molecule has 1 aromatic carbocycles. The molecule has 0 unspecified atom stereocenters. The van der Waals surface area contributed by atoms with Crippen molar-refractivity contribution in [1.29, 1.82) is 5.26 Å². The normalized spacial score (nSPS) is 9.18. The zero-order valence-corrected chi connectivity index (χ0v) is 8.87. The van der Waals surface area contributed by atoms with E-state index < -0.39 is 10.9 Å². The minimum absolute atomic E-state index is 0.0449. The van der Waals surface area contributed by atoms with Crippen LogP contribution in [-0.2, 0) is 4.74 Å². The number of ether oxygens (including phenoxy) is 2. The summed E-state index contributed by atoms with van der Waals surface area (Å²) in [6.07, 6.45) is 0. The number of methoxy groups -OCH3 is 1. The first-order chi connectivity index (χ1) is 8.10. The van der Waals surface area contributed by atoms with Crippen LogP contribution in [0.4, 0.5) is 5.69 Å². The zero-order valence-electron chi connectivity index (χ0n) is 8.87. The summed E-state index contributed by atoms with van der Waals surface area (Å²) in [5.74, 6) is -0.746. The fraction of sp³-hybridized carbons (Fsp3) is 0.200. The molecule has 0 radical (unpaired) electrons. The van der Waals surface area contributed by atoms with Gasteiger partial charge in [0.25, 0.3) is 0 Å². The molecule has 0 aliphatic heterocycles. The maximum atomic E-state index is 11.2. The number of benzene rings is 1. The third-order valence-electron chi connectivity index (χ3n) is 1.87. The highest BCUT2D eigenvalue weighted by Gasteiger charge is 2.18. The number of rotatable bonds is 4. The molecule has 0 amide bonds. The Morgan fingerprint density at radius 1 is 1.59 bits per heavy atom. The Morgan fingerprint density at radius 2 is 2.29 bits per heavy atom. The molecule has 0 heterocycles. The van der Waals surface area contributed by atoms with Crippen molar-refractivity contribution in [2.24, 2.45) is 0 Å². The van der Waals surface area contributed by atoms with Gasteiger partial charge < -0.3 is 9.47 Å². The van der Waals surface area contributed by atoms with Crippen LogP contribution in [0.2, 0.25) is 0 Å². The van der Waals surface area contributed by atoms with E-state index in [1.165, 1.54) is 19.2 Å². The van der Waals surface area contributed by atoms with Crippen LogP contribution >= 0.6 is 0 Å². The van der Waals surface area contributed by atoms with Crippen molar-refractivity contribution in [2.75, 3.05) is 13.7 Å². The highest BCUT2D eigenvalue weighted by Crippen LogP contribution is 2.28. The average Bonchev–Trinajstić information content (AvgIpc) is 2.35. The van der Waals surface area contributed by atoms with Gasteiger partial charge in [-0.05, 0) is 12.1 Å². The van der Waals surface area contributed by atoms with E-state index in [0.717, 1.165) is 6.07 Å². The van der Waals surface area contributed by atoms with Gasteiger partial charge in [-0.3, -0.25) is 10.1 Å². The van der Waals surface area contributed by atoms with Crippen LogP contribution < -0.4 is 4.74 Å². The molecule has 0 N–H and O–H groups in total. The van der Waals surface area contributed by atoms with E-state index in [1.807, 2.05) is 0 Å². The van der Waals surface area contributed by atoms with E-state index in [1.54, 1.807) is 6.07 Å². The summed E-state index contributed by atoms with van der Waals surface area (Å²) in [4.78, 5) is 21.2. The minimum Gasteiger partial charge on any atom is -0.472 e. The van der Waals surface area contributed by atoms with E-state index in [-0.39, 0.29) is 23.6 Å². The second kappa shape index (κ2) is 5.46. The quantitative estimate of drug-likeness (QED) is 0.443.